The van der Waals surface area contributed by atoms with Crippen molar-refractivity contribution in [2.45, 2.75) is 13.5 Å². The van der Waals surface area contributed by atoms with Gasteiger partial charge < -0.3 is 14.4 Å². The van der Waals surface area contributed by atoms with Gasteiger partial charge in [0.1, 0.15) is 12.1 Å². The molecule has 0 radical (unpaired) electrons. The first kappa shape index (κ1) is 17.2. The Bertz CT molecular complexity index is 799. The van der Waals surface area contributed by atoms with E-state index < -0.39 is 0 Å². The quantitative estimate of drug-likeness (QED) is 0.844. The topological polar surface area (TPSA) is 69.3 Å². The maximum atomic E-state index is 9.34. The summed E-state index contributed by atoms with van der Waals surface area (Å²) < 4.78 is 10.7. The number of nitriles is 2. The fourth-order valence-corrected chi connectivity index (χ4v) is 2.66. The summed E-state index contributed by atoms with van der Waals surface area (Å²) in [5.41, 5.74) is 3.68. The van der Waals surface area contributed by atoms with Crippen molar-refractivity contribution >= 4 is 5.69 Å². The molecule has 0 aliphatic heterocycles. The minimum absolute atomic E-state index is 0.481. The van der Waals surface area contributed by atoms with E-state index in [0.717, 1.165) is 11.1 Å². The fraction of sp³-hybridized carbons (Fsp3) is 0.263. The van der Waals surface area contributed by atoms with E-state index in [2.05, 4.69) is 12.1 Å². The highest BCUT2D eigenvalue weighted by molar-refractivity contribution is 5.68. The summed E-state index contributed by atoms with van der Waals surface area (Å²) in [4.78, 5) is 1.91. The fourth-order valence-electron chi connectivity index (χ4n) is 2.66. The molecule has 2 aromatic carbocycles. The van der Waals surface area contributed by atoms with Gasteiger partial charge in [-0.1, -0.05) is 6.07 Å². The number of aryl methyl sites for hydroxylation is 1. The van der Waals surface area contributed by atoms with Crippen LogP contribution in [0, 0.1) is 29.6 Å². The Morgan fingerprint density at radius 3 is 2.04 bits per heavy atom. The van der Waals surface area contributed by atoms with Crippen LogP contribution in [0.15, 0.2) is 30.3 Å². The van der Waals surface area contributed by atoms with Gasteiger partial charge in [-0.15, -0.1) is 0 Å². The highest BCUT2D eigenvalue weighted by Crippen LogP contribution is 2.32. The molecule has 0 aliphatic rings. The summed E-state index contributed by atoms with van der Waals surface area (Å²) >= 11 is 0. The van der Waals surface area contributed by atoms with Crippen LogP contribution in [0.3, 0.4) is 0 Å². The monoisotopic (exact) mass is 321 g/mol. The van der Waals surface area contributed by atoms with Crippen LogP contribution in [-0.2, 0) is 6.54 Å². The maximum Gasteiger partial charge on any atom is 0.161 e. The van der Waals surface area contributed by atoms with Crippen LogP contribution in [0.2, 0.25) is 0 Å². The van der Waals surface area contributed by atoms with Crippen molar-refractivity contribution in [3.8, 4) is 23.6 Å². The summed E-state index contributed by atoms with van der Waals surface area (Å²) in [5.74, 6) is 1.33. The third kappa shape index (κ3) is 3.26. The van der Waals surface area contributed by atoms with E-state index in [1.165, 1.54) is 0 Å². The lowest BCUT2D eigenvalue weighted by Gasteiger charge is -2.23. The molecule has 0 atom stereocenters. The van der Waals surface area contributed by atoms with Crippen LogP contribution in [0.1, 0.15) is 22.3 Å². The molecule has 0 heterocycles. The number of methoxy groups -OCH3 is 2. The van der Waals surface area contributed by atoms with Gasteiger partial charge in [-0.25, -0.2) is 0 Å². The highest BCUT2D eigenvalue weighted by Gasteiger charge is 2.15. The SMILES string of the molecule is COc1cc(C)c(CN(C)c2c(C#N)cccc2C#N)cc1OC. The number of hydrogen-bond donors (Lipinski definition) is 0. The minimum atomic E-state index is 0.481. The number of benzene rings is 2. The molecule has 24 heavy (non-hydrogen) atoms. The molecule has 0 bridgehead atoms. The van der Waals surface area contributed by atoms with Gasteiger partial charge in [-0.05, 0) is 42.3 Å². The molecule has 0 fully saturated rings. The van der Waals surface area contributed by atoms with Crippen molar-refractivity contribution in [3.05, 3.63) is 52.6 Å². The molecule has 0 aromatic heterocycles. The average molecular weight is 321 g/mol. The summed E-state index contributed by atoms with van der Waals surface area (Å²) in [6.07, 6.45) is 0. The summed E-state index contributed by atoms with van der Waals surface area (Å²) in [5, 5.41) is 18.7. The molecule has 0 unspecified atom stereocenters. The van der Waals surface area contributed by atoms with Crippen LogP contribution in [0.25, 0.3) is 0 Å². The molecule has 0 N–H and O–H groups in total. The molecule has 0 aliphatic carbocycles. The molecule has 0 spiro atoms. The first-order valence-corrected chi connectivity index (χ1v) is 7.41. The second-order valence-electron chi connectivity index (χ2n) is 5.42. The second kappa shape index (κ2) is 7.39. The standard InChI is InChI=1S/C19H19N3O2/c1-13-8-17(23-3)18(24-4)9-16(13)12-22(2)19-14(10-20)6-5-7-15(19)11-21/h5-9H,12H2,1-4H3. The second-order valence-corrected chi connectivity index (χ2v) is 5.42. The zero-order valence-corrected chi connectivity index (χ0v) is 14.3. The largest absolute Gasteiger partial charge is 0.493 e. The Hall–Kier alpha value is -3.18. The van der Waals surface area contributed by atoms with Gasteiger partial charge in [0.05, 0.1) is 31.0 Å². The Morgan fingerprint density at radius 2 is 1.54 bits per heavy atom. The smallest absolute Gasteiger partial charge is 0.161 e. The number of hydrogen-bond acceptors (Lipinski definition) is 5. The van der Waals surface area contributed by atoms with Crippen LogP contribution in [-0.4, -0.2) is 21.3 Å². The van der Waals surface area contributed by atoms with E-state index >= 15 is 0 Å². The number of ether oxygens (including phenoxy) is 2. The van der Waals surface area contributed by atoms with Gasteiger partial charge in [0.2, 0.25) is 0 Å². The van der Waals surface area contributed by atoms with E-state index in [0.29, 0.717) is 34.9 Å². The zero-order valence-electron chi connectivity index (χ0n) is 14.3. The Morgan fingerprint density at radius 1 is 1.00 bits per heavy atom. The van der Waals surface area contributed by atoms with Crippen molar-refractivity contribution < 1.29 is 9.47 Å². The van der Waals surface area contributed by atoms with Crippen molar-refractivity contribution in [1.29, 1.82) is 10.5 Å². The molecular weight excluding hydrogens is 302 g/mol. The van der Waals surface area contributed by atoms with Gasteiger partial charge >= 0.3 is 0 Å². The van der Waals surface area contributed by atoms with Gasteiger partial charge in [0.15, 0.2) is 11.5 Å². The molecule has 0 saturated carbocycles. The molecule has 0 amide bonds. The summed E-state index contributed by atoms with van der Waals surface area (Å²) in [6, 6.07) is 13.3. The van der Waals surface area contributed by atoms with Gasteiger partial charge in [-0.3, -0.25) is 0 Å². The van der Waals surface area contributed by atoms with Crippen LogP contribution in [0.4, 0.5) is 5.69 Å². The molecule has 5 heteroatoms. The molecule has 0 saturated heterocycles. The lowest BCUT2D eigenvalue weighted by molar-refractivity contribution is 0.354. The molecule has 2 rings (SSSR count). The van der Waals surface area contributed by atoms with Gasteiger partial charge in [0.25, 0.3) is 0 Å². The highest BCUT2D eigenvalue weighted by atomic mass is 16.5. The summed E-state index contributed by atoms with van der Waals surface area (Å²) in [7, 11) is 5.07. The van der Waals surface area contributed by atoms with E-state index in [1.807, 2.05) is 31.0 Å². The average Bonchev–Trinajstić information content (AvgIpc) is 2.61. The predicted octanol–water partition coefficient (Wildman–Crippen LogP) is 3.39. The maximum absolute atomic E-state index is 9.34. The number of rotatable bonds is 5. The van der Waals surface area contributed by atoms with Crippen molar-refractivity contribution in [1.82, 2.24) is 0 Å². The normalized spacial score (nSPS) is 9.75. The van der Waals surface area contributed by atoms with E-state index in [-0.39, 0.29) is 0 Å². The van der Waals surface area contributed by atoms with Crippen LogP contribution >= 0.6 is 0 Å². The van der Waals surface area contributed by atoms with E-state index in [4.69, 9.17) is 9.47 Å². The third-order valence-corrected chi connectivity index (χ3v) is 3.91. The minimum Gasteiger partial charge on any atom is -0.493 e. The van der Waals surface area contributed by atoms with Gasteiger partial charge in [0, 0.05) is 13.6 Å². The zero-order chi connectivity index (χ0) is 17.7. The van der Waals surface area contributed by atoms with E-state index in [9.17, 15) is 10.5 Å². The molecule has 5 nitrogen and oxygen atoms in total. The Labute approximate surface area is 142 Å². The molecule has 2 aromatic rings. The Balaban J connectivity index is 2.43. The molecular formula is C19H19N3O2. The number of para-hydroxylation sites is 1. The molecule has 122 valence electrons. The van der Waals surface area contributed by atoms with Gasteiger partial charge in [-0.2, -0.15) is 10.5 Å². The lowest BCUT2D eigenvalue weighted by Crippen LogP contribution is -2.19. The van der Waals surface area contributed by atoms with Crippen molar-refractivity contribution in [3.63, 3.8) is 0 Å². The lowest BCUT2D eigenvalue weighted by atomic mass is 10.0. The first-order chi connectivity index (χ1) is 11.5. The van der Waals surface area contributed by atoms with E-state index in [1.54, 1.807) is 32.4 Å². The van der Waals surface area contributed by atoms with Crippen LogP contribution < -0.4 is 14.4 Å². The third-order valence-electron chi connectivity index (χ3n) is 3.91. The number of nitrogens with zero attached hydrogens (tertiary/aromatic N) is 3. The Kier molecular flexibility index (Phi) is 5.29. The van der Waals surface area contributed by atoms with Crippen LogP contribution in [0.5, 0.6) is 11.5 Å². The first-order valence-electron chi connectivity index (χ1n) is 7.41. The predicted molar refractivity (Wildman–Crippen MR) is 92.3 cm³/mol. The summed E-state index contributed by atoms with van der Waals surface area (Å²) in [6.45, 7) is 2.53. The van der Waals surface area contributed by atoms with Crippen molar-refractivity contribution in [2.24, 2.45) is 0 Å². The van der Waals surface area contributed by atoms with Crippen molar-refractivity contribution in [2.75, 3.05) is 26.2 Å². The number of anilines is 1.